The lowest BCUT2D eigenvalue weighted by atomic mass is 10.1. The Kier molecular flexibility index (Phi) is 3.09. The SMILES string of the molecule is Cc1nn(C)cc1NC1CCS(=O)CC1. The Labute approximate surface area is 92.5 Å². The van der Waals surface area contributed by atoms with Gasteiger partial charge in [0, 0.05) is 41.6 Å². The van der Waals surface area contributed by atoms with Gasteiger partial charge in [0.2, 0.25) is 0 Å². The molecule has 0 aliphatic carbocycles. The van der Waals surface area contributed by atoms with Crippen molar-refractivity contribution >= 4 is 16.5 Å². The van der Waals surface area contributed by atoms with E-state index in [-0.39, 0.29) is 0 Å². The maximum Gasteiger partial charge on any atom is 0.0825 e. The molecule has 0 radical (unpaired) electrons. The monoisotopic (exact) mass is 227 g/mol. The second kappa shape index (κ2) is 4.35. The van der Waals surface area contributed by atoms with Crippen LogP contribution >= 0.6 is 0 Å². The van der Waals surface area contributed by atoms with Crippen molar-refractivity contribution in [1.29, 1.82) is 0 Å². The molecule has 0 aromatic carbocycles. The molecule has 0 bridgehead atoms. The summed E-state index contributed by atoms with van der Waals surface area (Å²) in [5.74, 6) is 1.66. The number of nitrogens with zero attached hydrogens (tertiary/aromatic N) is 2. The van der Waals surface area contributed by atoms with Crippen LogP contribution in [-0.4, -0.2) is 31.5 Å². The molecule has 2 heterocycles. The number of hydrogen-bond acceptors (Lipinski definition) is 3. The van der Waals surface area contributed by atoms with Gasteiger partial charge in [0.1, 0.15) is 0 Å². The lowest BCUT2D eigenvalue weighted by molar-refractivity contribution is 0.624. The van der Waals surface area contributed by atoms with Gasteiger partial charge in [-0.15, -0.1) is 0 Å². The van der Waals surface area contributed by atoms with Gasteiger partial charge in [-0.05, 0) is 19.8 Å². The summed E-state index contributed by atoms with van der Waals surface area (Å²) in [6.45, 7) is 2.00. The van der Waals surface area contributed by atoms with Crippen LogP contribution < -0.4 is 5.32 Å². The molecule has 4 nitrogen and oxygen atoms in total. The van der Waals surface area contributed by atoms with Crippen molar-refractivity contribution in [2.45, 2.75) is 25.8 Å². The van der Waals surface area contributed by atoms with Gasteiger partial charge in [0.05, 0.1) is 11.4 Å². The molecular formula is C10H17N3OS. The Bertz CT molecular complexity index is 365. The highest BCUT2D eigenvalue weighted by Gasteiger charge is 2.18. The van der Waals surface area contributed by atoms with E-state index in [1.807, 2.05) is 24.9 Å². The summed E-state index contributed by atoms with van der Waals surface area (Å²) < 4.78 is 13.0. The van der Waals surface area contributed by atoms with Crippen LogP contribution in [0.2, 0.25) is 0 Å². The lowest BCUT2D eigenvalue weighted by Gasteiger charge is -2.23. The molecule has 0 amide bonds. The van der Waals surface area contributed by atoms with Crippen LogP contribution in [0, 0.1) is 6.92 Å². The smallest absolute Gasteiger partial charge is 0.0825 e. The first-order valence-corrected chi connectivity index (χ1v) is 6.75. The largest absolute Gasteiger partial charge is 0.379 e. The summed E-state index contributed by atoms with van der Waals surface area (Å²) in [6.07, 6.45) is 4.00. The summed E-state index contributed by atoms with van der Waals surface area (Å²) >= 11 is 0. The second-order valence-electron chi connectivity index (χ2n) is 4.07. The fourth-order valence-electron chi connectivity index (χ4n) is 1.90. The topological polar surface area (TPSA) is 46.9 Å². The zero-order chi connectivity index (χ0) is 10.8. The predicted octanol–water partition coefficient (Wildman–Crippen LogP) is 1.05. The van der Waals surface area contributed by atoms with Crippen LogP contribution in [0.3, 0.4) is 0 Å². The first kappa shape index (κ1) is 10.7. The maximum atomic E-state index is 11.2. The van der Waals surface area contributed by atoms with E-state index in [0.717, 1.165) is 35.7 Å². The van der Waals surface area contributed by atoms with Crippen LogP contribution in [0.4, 0.5) is 5.69 Å². The summed E-state index contributed by atoms with van der Waals surface area (Å²) in [4.78, 5) is 0. The van der Waals surface area contributed by atoms with E-state index < -0.39 is 10.8 Å². The summed E-state index contributed by atoms with van der Waals surface area (Å²) in [7, 11) is 1.34. The van der Waals surface area contributed by atoms with Crippen LogP contribution in [0.1, 0.15) is 18.5 Å². The van der Waals surface area contributed by atoms with Gasteiger partial charge in [0.25, 0.3) is 0 Å². The third-order valence-corrected chi connectivity index (χ3v) is 4.14. The quantitative estimate of drug-likeness (QED) is 0.821. The van der Waals surface area contributed by atoms with E-state index >= 15 is 0 Å². The molecule has 1 aromatic heterocycles. The van der Waals surface area contributed by atoms with Crippen LogP contribution in [-0.2, 0) is 17.8 Å². The van der Waals surface area contributed by atoms with E-state index in [0.29, 0.717) is 6.04 Å². The van der Waals surface area contributed by atoms with E-state index in [4.69, 9.17) is 0 Å². The minimum Gasteiger partial charge on any atom is -0.379 e. The molecule has 1 aliphatic rings. The average molecular weight is 227 g/mol. The van der Waals surface area contributed by atoms with Crippen molar-refractivity contribution in [1.82, 2.24) is 9.78 Å². The van der Waals surface area contributed by atoms with Crippen LogP contribution in [0.5, 0.6) is 0 Å². The Morgan fingerprint density at radius 2 is 2.20 bits per heavy atom. The van der Waals surface area contributed by atoms with Gasteiger partial charge in [-0.3, -0.25) is 8.89 Å². The Balaban J connectivity index is 1.97. The first-order chi connectivity index (χ1) is 7.15. The molecule has 0 unspecified atom stereocenters. The molecule has 15 heavy (non-hydrogen) atoms. The molecule has 84 valence electrons. The molecule has 0 spiro atoms. The number of rotatable bonds is 2. The van der Waals surface area contributed by atoms with Gasteiger partial charge in [0.15, 0.2) is 0 Å². The van der Waals surface area contributed by atoms with Gasteiger partial charge in [-0.2, -0.15) is 5.10 Å². The molecule has 0 saturated carbocycles. The molecule has 2 rings (SSSR count). The minimum absolute atomic E-state index is 0.464. The van der Waals surface area contributed by atoms with Crippen molar-refractivity contribution in [3.05, 3.63) is 11.9 Å². The normalized spacial score (nSPS) is 26.5. The number of nitrogens with one attached hydrogen (secondary N) is 1. The van der Waals surface area contributed by atoms with Crippen molar-refractivity contribution < 1.29 is 4.21 Å². The average Bonchev–Trinajstić information content (AvgIpc) is 2.49. The number of anilines is 1. The molecule has 5 heteroatoms. The standard InChI is InChI=1S/C10H17N3OS/c1-8-10(7-13(2)12-8)11-9-3-5-15(14)6-4-9/h7,9,11H,3-6H2,1-2H3. The third kappa shape index (κ3) is 2.59. The number of hydrogen-bond donors (Lipinski definition) is 1. The minimum atomic E-state index is -0.580. The van der Waals surface area contributed by atoms with Crippen molar-refractivity contribution in [2.24, 2.45) is 7.05 Å². The third-order valence-electron chi connectivity index (χ3n) is 2.76. The predicted molar refractivity (Wildman–Crippen MR) is 62.5 cm³/mol. The van der Waals surface area contributed by atoms with Crippen LogP contribution in [0.15, 0.2) is 6.20 Å². The number of aryl methyl sites for hydroxylation is 2. The molecule has 1 N–H and O–H groups in total. The molecule has 0 atom stereocenters. The molecule has 1 aliphatic heterocycles. The highest BCUT2D eigenvalue weighted by molar-refractivity contribution is 7.85. The van der Waals surface area contributed by atoms with Crippen molar-refractivity contribution in [3.63, 3.8) is 0 Å². The van der Waals surface area contributed by atoms with Gasteiger partial charge in [-0.1, -0.05) is 0 Å². The Morgan fingerprint density at radius 3 is 2.73 bits per heavy atom. The first-order valence-electron chi connectivity index (χ1n) is 5.27. The molecule has 1 saturated heterocycles. The summed E-state index contributed by atoms with van der Waals surface area (Å²) in [6, 6.07) is 0.464. The summed E-state index contributed by atoms with van der Waals surface area (Å²) in [5, 5.41) is 7.76. The van der Waals surface area contributed by atoms with Crippen molar-refractivity contribution in [3.8, 4) is 0 Å². The highest BCUT2D eigenvalue weighted by atomic mass is 32.2. The van der Waals surface area contributed by atoms with Crippen molar-refractivity contribution in [2.75, 3.05) is 16.8 Å². The van der Waals surface area contributed by atoms with E-state index in [1.165, 1.54) is 0 Å². The Hall–Kier alpha value is -0.840. The zero-order valence-electron chi connectivity index (χ0n) is 9.19. The molecule has 1 fully saturated rings. The fourth-order valence-corrected chi connectivity index (χ4v) is 3.20. The number of aromatic nitrogens is 2. The Morgan fingerprint density at radius 1 is 1.53 bits per heavy atom. The van der Waals surface area contributed by atoms with Gasteiger partial charge in [-0.25, -0.2) is 0 Å². The molecule has 1 aromatic rings. The zero-order valence-corrected chi connectivity index (χ0v) is 10.0. The van der Waals surface area contributed by atoms with E-state index in [9.17, 15) is 4.21 Å². The fraction of sp³-hybridized carbons (Fsp3) is 0.700. The van der Waals surface area contributed by atoms with E-state index in [2.05, 4.69) is 10.4 Å². The lowest BCUT2D eigenvalue weighted by Crippen LogP contribution is -2.29. The molecular weight excluding hydrogens is 210 g/mol. The highest BCUT2D eigenvalue weighted by Crippen LogP contribution is 2.18. The van der Waals surface area contributed by atoms with Gasteiger partial charge >= 0.3 is 0 Å². The van der Waals surface area contributed by atoms with Crippen LogP contribution in [0.25, 0.3) is 0 Å². The van der Waals surface area contributed by atoms with Gasteiger partial charge < -0.3 is 5.32 Å². The maximum absolute atomic E-state index is 11.2. The second-order valence-corrected chi connectivity index (χ2v) is 5.76. The summed E-state index contributed by atoms with van der Waals surface area (Å²) in [5.41, 5.74) is 2.14. The van der Waals surface area contributed by atoms with E-state index in [1.54, 1.807) is 0 Å².